The fourth-order valence-corrected chi connectivity index (χ4v) is 3.78. The van der Waals surface area contributed by atoms with Crippen LogP contribution in [0.3, 0.4) is 0 Å². The third-order valence-electron chi connectivity index (χ3n) is 5.57. The number of aromatic nitrogens is 2. The van der Waals surface area contributed by atoms with Gasteiger partial charge in [-0.3, -0.25) is 0 Å². The van der Waals surface area contributed by atoms with Gasteiger partial charge >= 0.3 is 0 Å². The summed E-state index contributed by atoms with van der Waals surface area (Å²) >= 11 is 0. The van der Waals surface area contributed by atoms with E-state index in [1.165, 1.54) is 32.4 Å². The maximum absolute atomic E-state index is 6.18. The Kier molecular flexibility index (Phi) is 5.52. The van der Waals surface area contributed by atoms with Gasteiger partial charge in [0.05, 0.1) is 13.7 Å². The molecule has 0 amide bonds. The van der Waals surface area contributed by atoms with Crippen LogP contribution in [0.2, 0.25) is 0 Å². The largest absolute Gasteiger partial charge is 0.493 e. The zero-order valence-electron chi connectivity index (χ0n) is 16.6. The second-order valence-corrected chi connectivity index (χ2v) is 7.78. The molecule has 1 saturated carbocycles. The number of anilines is 2. The van der Waals surface area contributed by atoms with Crippen LogP contribution in [-0.2, 0) is 0 Å². The van der Waals surface area contributed by atoms with Gasteiger partial charge in [0.1, 0.15) is 5.82 Å². The van der Waals surface area contributed by atoms with Crippen LogP contribution in [0.25, 0.3) is 11.1 Å². The van der Waals surface area contributed by atoms with Crippen LogP contribution in [0.1, 0.15) is 19.3 Å². The van der Waals surface area contributed by atoms with Crippen molar-refractivity contribution in [2.75, 3.05) is 51.4 Å². The van der Waals surface area contributed by atoms with Crippen LogP contribution < -0.4 is 20.5 Å². The van der Waals surface area contributed by atoms with E-state index in [9.17, 15) is 0 Å². The molecule has 2 aliphatic rings. The topological polar surface area (TPSA) is 85.5 Å². The van der Waals surface area contributed by atoms with Gasteiger partial charge in [-0.1, -0.05) is 6.07 Å². The normalized spacial score (nSPS) is 19.6. The second-order valence-electron chi connectivity index (χ2n) is 7.78. The molecule has 28 heavy (non-hydrogen) atoms. The van der Waals surface area contributed by atoms with Crippen molar-refractivity contribution in [3.63, 3.8) is 0 Å². The minimum Gasteiger partial charge on any atom is -0.493 e. The molecule has 0 spiro atoms. The lowest BCUT2D eigenvalue weighted by atomic mass is 10.1. The van der Waals surface area contributed by atoms with Crippen molar-refractivity contribution in [1.29, 1.82) is 0 Å². The lowest BCUT2D eigenvalue weighted by Crippen LogP contribution is -2.24. The first-order chi connectivity index (χ1) is 13.7. The number of ether oxygens (including phenoxy) is 2. The van der Waals surface area contributed by atoms with E-state index >= 15 is 0 Å². The summed E-state index contributed by atoms with van der Waals surface area (Å²) in [5, 5.41) is 2.90. The highest BCUT2D eigenvalue weighted by atomic mass is 16.5. The monoisotopic (exact) mass is 383 g/mol. The highest BCUT2D eigenvalue weighted by Gasteiger charge is 2.29. The second kappa shape index (κ2) is 8.22. The molecule has 1 atom stereocenters. The molecule has 0 bridgehead atoms. The summed E-state index contributed by atoms with van der Waals surface area (Å²) < 4.78 is 11.7. The van der Waals surface area contributed by atoms with Gasteiger partial charge < -0.3 is 25.4 Å². The summed E-state index contributed by atoms with van der Waals surface area (Å²) in [6.07, 6.45) is 5.74. The van der Waals surface area contributed by atoms with Gasteiger partial charge in [0.25, 0.3) is 0 Å². The van der Waals surface area contributed by atoms with E-state index in [2.05, 4.69) is 20.2 Å². The van der Waals surface area contributed by atoms with E-state index in [1.54, 1.807) is 20.4 Å². The smallest absolute Gasteiger partial charge is 0.224 e. The van der Waals surface area contributed by atoms with Gasteiger partial charge in [-0.2, -0.15) is 4.98 Å². The quantitative estimate of drug-likeness (QED) is 0.725. The number of methoxy groups -OCH3 is 1. The number of hydrogen-bond donors (Lipinski definition) is 2. The fraction of sp³-hybridized carbons (Fsp3) is 0.524. The molecule has 7 nitrogen and oxygen atoms in total. The molecule has 7 heteroatoms. The Bertz CT molecular complexity index is 824. The number of nitrogens with zero attached hydrogens (tertiary/aromatic N) is 3. The summed E-state index contributed by atoms with van der Waals surface area (Å²) in [4.78, 5) is 11.1. The molecular formula is C21H29N5O2. The van der Waals surface area contributed by atoms with Crippen molar-refractivity contribution >= 4 is 11.8 Å². The lowest BCUT2D eigenvalue weighted by Gasteiger charge is -2.17. The Morgan fingerprint density at radius 2 is 2.07 bits per heavy atom. The summed E-state index contributed by atoms with van der Waals surface area (Å²) in [5.74, 6) is 3.90. The first-order valence-corrected chi connectivity index (χ1v) is 10.00. The van der Waals surface area contributed by atoms with Gasteiger partial charge in [-0.05, 0) is 49.4 Å². The van der Waals surface area contributed by atoms with Gasteiger partial charge in [-0.25, -0.2) is 4.98 Å². The van der Waals surface area contributed by atoms with E-state index in [0.717, 1.165) is 35.1 Å². The molecule has 150 valence electrons. The average molecular weight is 383 g/mol. The third-order valence-corrected chi connectivity index (χ3v) is 5.57. The van der Waals surface area contributed by atoms with Crippen molar-refractivity contribution < 1.29 is 9.47 Å². The molecule has 1 aromatic heterocycles. The molecule has 1 unspecified atom stereocenters. The van der Waals surface area contributed by atoms with Gasteiger partial charge in [-0.15, -0.1) is 0 Å². The fourth-order valence-electron chi connectivity index (χ4n) is 3.78. The Balaban J connectivity index is 1.45. The van der Waals surface area contributed by atoms with Crippen molar-refractivity contribution in [2.45, 2.75) is 19.3 Å². The summed E-state index contributed by atoms with van der Waals surface area (Å²) in [6, 6.07) is 5.82. The van der Waals surface area contributed by atoms with Crippen molar-refractivity contribution in [2.24, 2.45) is 11.8 Å². The molecule has 2 fully saturated rings. The number of hydrogen-bond acceptors (Lipinski definition) is 7. The number of rotatable bonds is 8. The third kappa shape index (κ3) is 4.30. The summed E-state index contributed by atoms with van der Waals surface area (Å²) in [6.45, 7) is 4.28. The first-order valence-electron chi connectivity index (χ1n) is 10.00. The van der Waals surface area contributed by atoms with Crippen LogP contribution in [0.5, 0.6) is 11.5 Å². The van der Waals surface area contributed by atoms with Crippen LogP contribution in [0, 0.1) is 11.8 Å². The minimum absolute atomic E-state index is 0.432. The Morgan fingerprint density at radius 1 is 1.21 bits per heavy atom. The maximum atomic E-state index is 6.18. The zero-order valence-corrected chi connectivity index (χ0v) is 16.6. The molecule has 1 aliphatic heterocycles. The van der Waals surface area contributed by atoms with Crippen LogP contribution in [0.15, 0.2) is 24.4 Å². The Hall–Kier alpha value is -2.54. The first kappa shape index (κ1) is 18.8. The number of likely N-dealkylation sites (tertiary alicyclic amines) is 1. The van der Waals surface area contributed by atoms with Gasteiger partial charge in [0, 0.05) is 37.8 Å². The average Bonchev–Trinajstić information content (AvgIpc) is 3.42. The van der Waals surface area contributed by atoms with Gasteiger partial charge in [0.15, 0.2) is 11.5 Å². The maximum Gasteiger partial charge on any atom is 0.224 e. The van der Waals surface area contributed by atoms with Crippen molar-refractivity contribution in [1.82, 2.24) is 14.9 Å². The summed E-state index contributed by atoms with van der Waals surface area (Å²) in [5.41, 5.74) is 7.81. The molecular weight excluding hydrogens is 354 g/mol. The molecule has 1 saturated heterocycles. The van der Waals surface area contributed by atoms with E-state index in [-0.39, 0.29) is 0 Å². The van der Waals surface area contributed by atoms with Crippen molar-refractivity contribution in [3.8, 4) is 22.6 Å². The Morgan fingerprint density at radius 3 is 2.79 bits per heavy atom. The molecule has 0 radical (unpaired) electrons. The standard InChI is InChI=1S/C21H29N5O2/c1-23-21-24-10-17(20(22)25-21)16-5-6-18(27-2)19(9-16)28-13-15-7-8-26(12-15)11-14-3-4-14/h5-6,9-10,14-15H,3-4,7-8,11-13H2,1-2H3,(H3,22,23,24,25). The highest BCUT2D eigenvalue weighted by molar-refractivity contribution is 5.75. The minimum atomic E-state index is 0.432. The van der Waals surface area contributed by atoms with Crippen LogP contribution in [0.4, 0.5) is 11.8 Å². The van der Waals surface area contributed by atoms with Crippen molar-refractivity contribution in [3.05, 3.63) is 24.4 Å². The highest BCUT2D eigenvalue weighted by Crippen LogP contribution is 2.35. The zero-order chi connectivity index (χ0) is 19.5. The van der Waals surface area contributed by atoms with Crippen LogP contribution in [-0.4, -0.2) is 55.3 Å². The van der Waals surface area contributed by atoms with E-state index < -0.39 is 0 Å². The number of nitrogens with two attached hydrogens (primary N) is 1. The lowest BCUT2D eigenvalue weighted by molar-refractivity contribution is 0.230. The van der Waals surface area contributed by atoms with Gasteiger partial charge in [0.2, 0.25) is 5.95 Å². The van der Waals surface area contributed by atoms with Crippen LogP contribution >= 0.6 is 0 Å². The SMILES string of the molecule is CNc1ncc(-c2ccc(OC)c(OCC3CCN(CC4CC4)C3)c2)c(N)n1. The molecule has 2 heterocycles. The predicted octanol–water partition coefficient (Wildman–Crippen LogP) is 2.89. The summed E-state index contributed by atoms with van der Waals surface area (Å²) in [7, 11) is 3.43. The number of nitrogens with one attached hydrogen (secondary N) is 1. The number of benzene rings is 1. The number of nitrogen functional groups attached to an aromatic ring is 1. The predicted molar refractivity (Wildman–Crippen MR) is 111 cm³/mol. The molecule has 1 aliphatic carbocycles. The van der Waals surface area contributed by atoms with E-state index in [0.29, 0.717) is 24.3 Å². The molecule has 2 aromatic rings. The molecule has 3 N–H and O–H groups in total. The molecule has 4 rings (SSSR count). The Labute approximate surface area is 166 Å². The van der Waals surface area contributed by atoms with E-state index in [4.69, 9.17) is 15.2 Å². The molecule has 1 aromatic carbocycles. The van der Waals surface area contributed by atoms with E-state index in [1.807, 2.05) is 18.2 Å².